The van der Waals surface area contributed by atoms with E-state index in [9.17, 15) is 10.1 Å². The largest absolute Gasteiger partial charge is 0.379 e. The molecule has 0 unspecified atom stereocenters. The molecular weight excluding hydrogens is 412 g/mol. The highest BCUT2D eigenvalue weighted by Gasteiger charge is 2.19. The topological polar surface area (TPSA) is 78.2 Å². The van der Waals surface area contributed by atoms with Gasteiger partial charge in [-0.1, -0.05) is 42.5 Å². The highest BCUT2D eigenvalue weighted by Crippen LogP contribution is 2.30. The van der Waals surface area contributed by atoms with Crippen LogP contribution in [0.5, 0.6) is 0 Å². The zero-order valence-corrected chi connectivity index (χ0v) is 18.9. The molecule has 0 atom stereocenters. The lowest BCUT2D eigenvalue weighted by atomic mass is 9.95. The van der Waals surface area contributed by atoms with E-state index in [1.54, 1.807) is 6.07 Å². The average molecular weight is 441 g/mol. The van der Waals surface area contributed by atoms with Crippen molar-refractivity contribution in [2.45, 2.75) is 13.3 Å². The van der Waals surface area contributed by atoms with E-state index in [0.29, 0.717) is 23.4 Å². The molecule has 1 amide bonds. The van der Waals surface area contributed by atoms with Gasteiger partial charge in [0.2, 0.25) is 0 Å². The average Bonchev–Trinajstić information content (AvgIpc) is 2.87. The Morgan fingerprint density at radius 3 is 2.61 bits per heavy atom. The maximum atomic E-state index is 13.3. The van der Waals surface area contributed by atoms with Gasteiger partial charge in [-0.05, 0) is 49.2 Å². The Balaban J connectivity index is 1.60. The highest BCUT2D eigenvalue weighted by atomic mass is 16.5. The van der Waals surface area contributed by atoms with Crippen molar-refractivity contribution in [2.75, 3.05) is 39.4 Å². The number of carbonyl (C=O) groups excluding carboxylic acids is 1. The normalized spacial score (nSPS) is 13.9. The number of hydrogen-bond donors (Lipinski definition) is 1. The number of ether oxygens (including phenoxy) is 1. The first kappa shape index (κ1) is 22.7. The van der Waals surface area contributed by atoms with E-state index in [0.717, 1.165) is 61.7 Å². The second kappa shape index (κ2) is 10.9. The van der Waals surface area contributed by atoms with Crippen LogP contribution in [0.15, 0.2) is 60.7 Å². The number of rotatable bonds is 7. The first-order chi connectivity index (χ1) is 16.2. The SMILES string of the molecule is Cc1nc(-c2ccccc2)cc(-c2cccc(C#N)c2)c1C(=O)NCCCN1CCOCC1. The van der Waals surface area contributed by atoms with Gasteiger partial charge in [0.05, 0.1) is 41.8 Å². The summed E-state index contributed by atoms with van der Waals surface area (Å²) >= 11 is 0. The van der Waals surface area contributed by atoms with E-state index in [1.165, 1.54) is 0 Å². The number of nitriles is 1. The summed E-state index contributed by atoms with van der Waals surface area (Å²) in [5.41, 5.74) is 5.17. The summed E-state index contributed by atoms with van der Waals surface area (Å²) in [5, 5.41) is 12.4. The molecular formula is C27H28N4O2. The Morgan fingerprint density at radius 2 is 1.85 bits per heavy atom. The fraction of sp³-hybridized carbons (Fsp3) is 0.296. The van der Waals surface area contributed by atoms with Crippen LogP contribution < -0.4 is 5.32 Å². The van der Waals surface area contributed by atoms with Crippen molar-refractivity contribution in [3.8, 4) is 28.5 Å². The Morgan fingerprint density at radius 1 is 1.09 bits per heavy atom. The van der Waals surface area contributed by atoms with E-state index >= 15 is 0 Å². The number of benzene rings is 2. The number of nitrogens with one attached hydrogen (secondary N) is 1. The smallest absolute Gasteiger partial charge is 0.253 e. The van der Waals surface area contributed by atoms with Gasteiger partial charge in [-0.3, -0.25) is 14.7 Å². The van der Waals surface area contributed by atoms with Gasteiger partial charge in [-0.25, -0.2) is 0 Å². The van der Waals surface area contributed by atoms with E-state index in [-0.39, 0.29) is 5.91 Å². The lowest BCUT2D eigenvalue weighted by Gasteiger charge is -2.26. The molecule has 1 saturated heterocycles. The predicted molar refractivity (Wildman–Crippen MR) is 129 cm³/mol. The predicted octanol–water partition coefficient (Wildman–Crippen LogP) is 4.05. The molecule has 6 heteroatoms. The first-order valence-electron chi connectivity index (χ1n) is 11.3. The maximum Gasteiger partial charge on any atom is 0.253 e. The molecule has 0 radical (unpaired) electrons. The number of morpholine rings is 1. The van der Waals surface area contributed by atoms with Crippen LogP contribution in [0.2, 0.25) is 0 Å². The summed E-state index contributed by atoms with van der Waals surface area (Å²) in [5.74, 6) is -0.140. The Labute approximate surface area is 194 Å². The van der Waals surface area contributed by atoms with Crippen LogP contribution in [0.1, 0.15) is 28.0 Å². The lowest BCUT2D eigenvalue weighted by Crippen LogP contribution is -2.38. The van der Waals surface area contributed by atoms with Gasteiger partial charge >= 0.3 is 0 Å². The highest BCUT2D eigenvalue weighted by molar-refractivity contribution is 6.02. The van der Waals surface area contributed by atoms with Crippen LogP contribution in [0.25, 0.3) is 22.4 Å². The standard InChI is InChI=1S/C27H28N4O2/c1-20-26(27(32)29-11-6-12-31-13-15-33-16-14-31)24(23-10-5-7-21(17-23)19-28)18-25(30-20)22-8-3-2-4-9-22/h2-5,7-10,17-18H,6,11-16H2,1H3,(H,29,32). The molecule has 2 aromatic carbocycles. The zero-order valence-electron chi connectivity index (χ0n) is 18.9. The molecule has 1 aliphatic heterocycles. The minimum absolute atomic E-state index is 0.140. The van der Waals surface area contributed by atoms with Crippen molar-refractivity contribution in [2.24, 2.45) is 0 Å². The number of nitrogens with zero attached hydrogens (tertiary/aromatic N) is 3. The van der Waals surface area contributed by atoms with Gasteiger partial charge < -0.3 is 10.1 Å². The van der Waals surface area contributed by atoms with E-state index < -0.39 is 0 Å². The van der Waals surface area contributed by atoms with Gasteiger partial charge in [-0.15, -0.1) is 0 Å². The van der Waals surface area contributed by atoms with Gasteiger partial charge in [0.25, 0.3) is 5.91 Å². The van der Waals surface area contributed by atoms with E-state index in [4.69, 9.17) is 9.72 Å². The van der Waals surface area contributed by atoms with Gasteiger partial charge in [0, 0.05) is 25.2 Å². The van der Waals surface area contributed by atoms with Crippen molar-refractivity contribution < 1.29 is 9.53 Å². The summed E-state index contributed by atoms with van der Waals surface area (Å²) < 4.78 is 5.39. The number of carbonyl (C=O) groups is 1. The summed E-state index contributed by atoms with van der Waals surface area (Å²) in [6, 6.07) is 21.4. The van der Waals surface area contributed by atoms with Crippen LogP contribution in [0.4, 0.5) is 0 Å². The second-order valence-corrected chi connectivity index (χ2v) is 8.14. The fourth-order valence-electron chi connectivity index (χ4n) is 4.12. The van der Waals surface area contributed by atoms with Crippen molar-refractivity contribution in [1.29, 1.82) is 5.26 Å². The molecule has 0 bridgehead atoms. The van der Waals surface area contributed by atoms with Crippen molar-refractivity contribution >= 4 is 5.91 Å². The quantitative estimate of drug-likeness (QED) is 0.561. The summed E-state index contributed by atoms with van der Waals surface area (Å²) in [6.45, 7) is 6.83. The van der Waals surface area contributed by atoms with E-state index in [1.807, 2.05) is 61.5 Å². The van der Waals surface area contributed by atoms with Crippen LogP contribution >= 0.6 is 0 Å². The molecule has 168 valence electrons. The van der Waals surface area contributed by atoms with Crippen molar-refractivity contribution in [1.82, 2.24) is 15.2 Å². The maximum absolute atomic E-state index is 13.3. The molecule has 1 fully saturated rings. The third kappa shape index (κ3) is 5.64. The minimum atomic E-state index is -0.140. The van der Waals surface area contributed by atoms with Crippen molar-refractivity contribution in [3.05, 3.63) is 77.5 Å². The first-order valence-corrected chi connectivity index (χ1v) is 11.3. The van der Waals surface area contributed by atoms with Gasteiger partial charge in [0.1, 0.15) is 0 Å². The van der Waals surface area contributed by atoms with Gasteiger partial charge in [0.15, 0.2) is 0 Å². The fourth-order valence-corrected chi connectivity index (χ4v) is 4.12. The number of aromatic nitrogens is 1. The number of amides is 1. The van der Waals surface area contributed by atoms with Gasteiger partial charge in [-0.2, -0.15) is 5.26 Å². The second-order valence-electron chi connectivity index (χ2n) is 8.14. The zero-order chi connectivity index (χ0) is 23.0. The molecule has 4 rings (SSSR count). The Kier molecular flexibility index (Phi) is 7.46. The number of hydrogen-bond acceptors (Lipinski definition) is 5. The molecule has 0 saturated carbocycles. The minimum Gasteiger partial charge on any atom is -0.379 e. The molecule has 3 aromatic rings. The van der Waals surface area contributed by atoms with Crippen molar-refractivity contribution in [3.63, 3.8) is 0 Å². The molecule has 1 aliphatic rings. The third-order valence-corrected chi connectivity index (χ3v) is 5.84. The van der Waals surface area contributed by atoms with Crippen LogP contribution in [-0.2, 0) is 4.74 Å². The molecule has 1 N–H and O–H groups in total. The summed E-state index contributed by atoms with van der Waals surface area (Å²) in [6.07, 6.45) is 0.875. The number of pyridine rings is 1. The molecule has 1 aromatic heterocycles. The van der Waals surface area contributed by atoms with E-state index in [2.05, 4.69) is 16.3 Å². The third-order valence-electron chi connectivity index (χ3n) is 5.84. The van der Waals surface area contributed by atoms with Crippen LogP contribution in [0, 0.1) is 18.3 Å². The molecule has 6 nitrogen and oxygen atoms in total. The summed E-state index contributed by atoms with van der Waals surface area (Å²) in [7, 11) is 0. The monoisotopic (exact) mass is 440 g/mol. The van der Waals surface area contributed by atoms with Crippen LogP contribution in [-0.4, -0.2) is 55.2 Å². The Hall–Kier alpha value is -3.53. The Bertz CT molecular complexity index is 1150. The molecule has 0 spiro atoms. The molecule has 33 heavy (non-hydrogen) atoms. The number of aryl methyl sites for hydroxylation is 1. The summed E-state index contributed by atoms with van der Waals surface area (Å²) in [4.78, 5) is 20.4. The molecule has 2 heterocycles. The molecule has 0 aliphatic carbocycles. The van der Waals surface area contributed by atoms with Crippen LogP contribution in [0.3, 0.4) is 0 Å². The lowest BCUT2D eigenvalue weighted by molar-refractivity contribution is 0.0374.